The Balaban J connectivity index is 1.36. The van der Waals surface area contributed by atoms with Crippen LogP contribution in [0.3, 0.4) is 0 Å². The lowest BCUT2D eigenvalue weighted by molar-refractivity contribution is -0.121. The number of carbonyl (C=O) groups excluding carboxylic acids is 2. The van der Waals surface area contributed by atoms with Crippen molar-refractivity contribution in [3.8, 4) is 0 Å². The monoisotopic (exact) mass is 538 g/mol. The van der Waals surface area contributed by atoms with Crippen LogP contribution in [0.4, 0.5) is 10.1 Å². The van der Waals surface area contributed by atoms with Crippen LogP contribution in [0, 0.1) is 17.2 Å². The normalized spacial score (nSPS) is 17.3. The highest BCUT2D eigenvalue weighted by molar-refractivity contribution is 6.00. The third-order valence-corrected chi connectivity index (χ3v) is 8.44. The number of amides is 2. The van der Waals surface area contributed by atoms with Crippen LogP contribution in [-0.2, 0) is 24.4 Å². The zero-order valence-electron chi connectivity index (χ0n) is 23.7. The van der Waals surface area contributed by atoms with Crippen molar-refractivity contribution in [3.05, 3.63) is 64.5 Å². The lowest BCUT2D eigenvalue weighted by atomic mass is 9.75. The maximum Gasteiger partial charge on any atom is 0.254 e. The molecule has 2 amide bonds. The molecule has 2 aliphatic rings. The van der Waals surface area contributed by atoms with Gasteiger partial charge in [-0.25, -0.2) is 4.39 Å². The number of likely N-dealkylation sites (tertiary alicyclic amines) is 1. The van der Waals surface area contributed by atoms with Gasteiger partial charge >= 0.3 is 0 Å². The van der Waals surface area contributed by atoms with Crippen molar-refractivity contribution >= 4 is 17.5 Å². The predicted octanol–water partition coefficient (Wildman–Crippen LogP) is 4.54. The average molecular weight is 539 g/mol. The molecular weight excluding hydrogens is 495 g/mol. The first-order valence-electron chi connectivity index (χ1n) is 14.1. The van der Waals surface area contributed by atoms with Crippen LogP contribution < -0.4 is 10.6 Å². The van der Waals surface area contributed by atoms with Crippen LogP contribution in [0.1, 0.15) is 73.5 Å². The van der Waals surface area contributed by atoms with E-state index in [1.807, 2.05) is 24.3 Å². The SMILES string of the molecule is CNC(=O)CCC(CO)N1Cc2c(NCc3ccc(CN4CCC(C(C)(C)C)CC4)cc3F)cccc2C1=O. The molecule has 1 saturated heterocycles. The number of halogens is 1. The van der Waals surface area contributed by atoms with E-state index in [0.29, 0.717) is 36.1 Å². The number of aliphatic hydroxyl groups is 1. The largest absolute Gasteiger partial charge is 0.394 e. The summed E-state index contributed by atoms with van der Waals surface area (Å²) < 4.78 is 15.1. The van der Waals surface area contributed by atoms with Gasteiger partial charge in [0.1, 0.15) is 5.82 Å². The molecule has 1 unspecified atom stereocenters. The molecule has 8 heteroatoms. The lowest BCUT2D eigenvalue weighted by Crippen LogP contribution is -2.39. The standard InChI is InChI=1S/C31H43FN4O3/c1-31(2,3)23-12-14-35(15-13-23)18-21-8-9-22(27(32)16-21)17-34-28-7-5-6-25-26(28)19-36(30(25)39)24(20-37)10-11-29(38)33-4/h5-9,16,23-24,34,37H,10-15,17-20H2,1-4H3,(H,33,38). The number of rotatable bonds is 10. The number of hydrogen-bond donors (Lipinski definition) is 3. The average Bonchev–Trinajstić information content (AvgIpc) is 3.25. The Hall–Kier alpha value is -2.97. The van der Waals surface area contributed by atoms with Crippen LogP contribution in [0.2, 0.25) is 0 Å². The van der Waals surface area contributed by atoms with Crippen molar-refractivity contribution in [2.24, 2.45) is 11.3 Å². The molecule has 0 spiro atoms. The minimum absolute atomic E-state index is 0.127. The van der Waals surface area contributed by atoms with Gasteiger partial charge in [0.05, 0.1) is 12.6 Å². The van der Waals surface area contributed by atoms with Crippen molar-refractivity contribution in [2.45, 2.75) is 72.1 Å². The van der Waals surface area contributed by atoms with Crippen LogP contribution in [0.25, 0.3) is 0 Å². The lowest BCUT2D eigenvalue weighted by Gasteiger charge is -2.38. The van der Waals surface area contributed by atoms with Gasteiger partial charge in [0.15, 0.2) is 0 Å². The maximum atomic E-state index is 15.1. The smallest absolute Gasteiger partial charge is 0.254 e. The molecule has 1 fully saturated rings. The molecule has 39 heavy (non-hydrogen) atoms. The van der Waals surface area contributed by atoms with Crippen molar-refractivity contribution < 1.29 is 19.1 Å². The van der Waals surface area contributed by atoms with E-state index in [2.05, 4.69) is 36.3 Å². The number of anilines is 1. The van der Waals surface area contributed by atoms with E-state index in [-0.39, 0.29) is 30.7 Å². The molecule has 0 bridgehead atoms. The number of nitrogens with one attached hydrogen (secondary N) is 2. The molecular formula is C31H43FN4O3. The Morgan fingerprint density at radius 3 is 2.56 bits per heavy atom. The third kappa shape index (κ3) is 6.97. The molecule has 0 radical (unpaired) electrons. The van der Waals surface area contributed by atoms with Gasteiger partial charge in [-0.3, -0.25) is 14.5 Å². The molecule has 2 aliphatic heterocycles. The number of fused-ring (bicyclic) bond motifs is 1. The maximum absolute atomic E-state index is 15.1. The van der Waals surface area contributed by atoms with Crippen LogP contribution in [0.15, 0.2) is 36.4 Å². The topological polar surface area (TPSA) is 84.9 Å². The Kier molecular flexibility index (Phi) is 9.28. The van der Waals surface area contributed by atoms with E-state index in [4.69, 9.17) is 0 Å². The van der Waals surface area contributed by atoms with Gasteiger partial charge in [-0.05, 0) is 67.4 Å². The van der Waals surface area contributed by atoms with E-state index >= 15 is 4.39 Å². The molecule has 2 heterocycles. The van der Waals surface area contributed by atoms with Gasteiger partial charge in [0, 0.05) is 55.5 Å². The Bertz CT molecular complexity index is 1170. The second-order valence-corrected chi connectivity index (χ2v) is 12.0. The quantitative estimate of drug-likeness (QED) is 0.414. The van der Waals surface area contributed by atoms with E-state index in [9.17, 15) is 14.7 Å². The zero-order chi connectivity index (χ0) is 28.2. The molecule has 0 aliphatic carbocycles. The third-order valence-electron chi connectivity index (χ3n) is 8.44. The zero-order valence-corrected chi connectivity index (χ0v) is 23.7. The summed E-state index contributed by atoms with van der Waals surface area (Å²) in [6.45, 7) is 10.2. The highest BCUT2D eigenvalue weighted by Crippen LogP contribution is 2.35. The van der Waals surface area contributed by atoms with Gasteiger partial charge in [-0.15, -0.1) is 0 Å². The van der Waals surface area contributed by atoms with Gasteiger partial charge in [0.25, 0.3) is 5.91 Å². The fourth-order valence-electron chi connectivity index (χ4n) is 5.82. The molecule has 212 valence electrons. The number of carbonyl (C=O) groups is 2. The minimum Gasteiger partial charge on any atom is -0.394 e. The van der Waals surface area contributed by atoms with E-state index in [1.165, 1.54) is 12.8 Å². The van der Waals surface area contributed by atoms with Crippen molar-refractivity contribution in [1.82, 2.24) is 15.1 Å². The fraction of sp³-hybridized carbons (Fsp3) is 0.548. The van der Waals surface area contributed by atoms with E-state index in [0.717, 1.165) is 42.4 Å². The van der Waals surface area contributed by atoms with E-state index in [1.54, 1.807) is 24.1 Å². The van der Waals surface area contributed by atoms with Crippen LogP contribution >= 0.6 is 0 Å². The van der Waals surface area contributed by atoms with Gasteiger partial charge < -0.3 is 20.6 Å². The molecule has 2 aromatic carbocycles. The second kappa shape index (κ2) is 12.5. The van der Waals surface area contributed by atoms with E-state index < -0.39 is 6.04 Å². The van der Waals surface area contributed by atoms with Crippen molar-refractivity contribution in [1.29, 1.82) is 0 Å². The van der Waals surface area contributed by atoms with Crippen molar-refractivity contribution in [3.63, 3.8) is 0 Å². The Labute approximate surface area is 231 Å². The number of hydrogen-bond acceptors (Lipinski definition) is 5. The fourth-order valence-corrected chi connectivity index (χ4v) is 5.82. The number of piperidine rings is 1. The van der Waals surface area contributed by atoms with Gasteiger partial charge in [-0.1, -0.05) is 39.0 Å². The van der Waals surface area contributed by atoms with Crippen LogP contribution in [0.5, 0.6) is 0 Å². The summed E-state index contributed by atoms with van der Waals surface area (Å²) in [6, 6.07) is 10.5. The summed E-state index contributed by atoms with van der Waals surface area (Å²) in [5, 5.41) is 15.8. The summed E-state index contributed by atoms with van der Waals surface area (Å²) in [6.07, 6.45) is 2.98. The van der Waals surface area contributed by atoms with Gasteiger partial charge in [0.2, 0.25) is 5.91 Å². The first kappa shape index (κ1) is 29.0. The number of benzene rings is 2. The number of nitrogens with zero attached hydrogens (tertiary/aromatic N) is 2. The first-order valence-corrected chi connectivity index (χ1v) is 14.1. The summed E-state index contributed by atoms with van der Waals surface area (Å²) in [5.41, 5.74) is 4.07. The molecule has 2 aromatic rings. The highest BCUT2D eigenvalue weighted by Gasteiger charge is 2.34. The van der Waals surface area contributed by atoms with Crippen LogP contribution in [-0.4, -0.2) is 59.5 Å². The Morgan fingerprint density at radius 1 is 1.18 bits per heavy atom. The second-order valence-electron chi connectivity index (χ2n) is 12.0. The minimum atomic E-state index is -0.445. The highest BCUT2D eigenvalue weighted by atomic mass is 19.1. The van der Waals surface area contributed by atoms with Gasteiger partial charge in [-0.2, -0.15) is 0 Å². The summed E-state index contributed by atoms with van der Waals surface area (Å²) in [7, 11) is 1.57. The molecule has 0 saturated carbocycles. The molecule has 1 atom stereocenters. The number of aliphatic hydroxyl groups excluding tert-OH is 1. The molecule has 4 rings (SSSR count). The predicted molar refractivity (Wildman–Crippen MR) is 152 cm³/mol. The van der Waals surface area contributed by atoms with Crippen molar-refractivity contribution in [2.75, 3.05) is 32.1 Å². The Morgan fingerprint density at radius 2 is 1.92 bits per heavy atom. The summed E-state index contributed by atoms with van der Waals surface area (Å²) in [4.78, 5) is 28.8. The molecule has 7 nitrogen and oxygen atoms in total. The molecule has 3 N–H and O–H groups in total. The summed E-state index contributed by atoms with van der Waals surface area (Å²) in [5.74, 6) is 0.215. The molecule has 0 aromatic heterocycles. The summed E-state index contributed by atoms with van der Waals surface area (Å²) >= 11 is 0. The first-order chi connectivity index (χ1) is 18.6.